The number of nitrogens with one attached hydrogen (secondary N) is 1. The molecule has 138 valence electrons. The number of benzene rings is 1. The third kappa shape index (κ3) is 3.88. The first kappa shape index (κ1) is 18.3. The molecular formula is C17H17N7O2S. The molecule has 0 saturated heterocycles. The number of rotatable bonds is 6. The lowest BCUT2D eigenvalue weighted by atomic mass is 10.2. The third-order valence-electron chi connectivity index (χ3n) is 3.63. The van der Waals surface area contributed by atoms with Gasteiger partial charge >= 0.3 is 0 Å². The SMILES string of the molecule is COc1cc(/C=N\n2c(-n3nc(C)cc3C)n[nH]c2=S)ccc1OCC#N. The fourth-order valence-electron chi connectivity index (χ4n) is 2.47. The zero-order chi connectivity index (χ0) is 19.4. The second-order valence-electron chi connectivity index (χ2n) is 5.58. The van der Waals surface area contributed by atoms with Crippen molar-refractivity contribution in [1.29, 1.82) is 5.26 Å². The second-order valence-corrected chi connectivity index (χ2v) is 5.97. The van der Waals surface area contributed by atoms with Gasteiger partial charge in [-0.05, 0) is 55.9 Å². The number of methoxy groups -OCH3 is 1. The standard InChI is InChI=1S/C17H17N7O2S/c1-11-8-12(2)23(22-11)16-20-21-17(27)24(16)19-10-13-4-5-14(26-7-6-18)15(9-13)25-3/h4-5,8-10H,7H2,1-3H3,(H,21,27)/b19-10-. The molecule has 3 aromatic rings. The number of ether oxygens (including phenoxy) is 2. The molecule has 10 heteroatoms. The van der Waals surface area contributed by atoms with Crippen molar-refractivity contribution in [3.05, 3.63) is 46.0 Å². The van der Waals surface area contributed by atoms with Gasteiger partial charge in [0.05, 0.1) is 19.0 Å². The number of nitriles is 1. The molecule has 0 radical (unpaired) electrons. The van der Waals surface area contributed by atoms with Gasteiger partial charge in [-0.2, -0.15) is 20.1 Å². The Bertz CT molecular complexity index is 1090. The maximum Gasteiger partial charge on any atom is 0.271 e. The minimum atomic E-state index is -0.0556. The molecule has 0 amide bonds. The van der Waals surface area contributed by atoms with E-state index >= 15 is 0 Å². The van der Waals surface area contributed by atoms with Crippen molar-refractivity contribution in [3.8, 4) is 23.5 Å². The summed E-state index contributed by atoms with van der Waals surface area (Å²) in [5, 5.41) is 24.4. The monoisotopic (exact) mass is 383 g/mol. The molecule has 1 aromatic carbocycles. The van der Waals surface area contributed by atoms with Crippen LogP contribution in [0.4, 0.5) is 0 Å². The highest BCUT2D eigenvalue weighted by atomic mass is 32.1. The molecule has 0 aliphatic carbocycles. The van der Waals surface area contributed by atoms with Gasteiger partial charge in [-0.1, -0.05) is 0 Å². The highest BCUT2D eigenvalue weighted by Gasteiger charge is 2.12. The molecule has 0 atom stereocenters. The largest absolute Gasteiger partial charge is 0.493 e. The number of nitrogens with zero attached hydrogens (tertiary/aromatic N) is 6. The average molecular weight is 383 g/mol. The Kier molecular flexibility index (Phi) is 5.33. The molecular weight excluding hydrogens is 366 g/mol. The molecule has 9 nitrogen and oxygen atoms in total. The Morgan fingerprint density at radius 2 is 2.15 bits per heavy atom. The van der Waals surface area contributed by atoms with E-state index in [1.54, 1.807) is 29.1 Å². The molecule has 27 heavy (non-hydrogen) atoms. The lowest BCUT2D eigenvalue weighted by Crippen LogP contribution is -2.07. The highest BCUT2D eigenvalue weighted by molar-refractivity contribution is 7.71. The molecule has 0 fully saturated rings. The minimum absolute atomic E-state index is 0.0556. The normalized spacial score (nSPS) is 10.9. The van der Waals surface area contributed by atoms with Crippen LogP contribution in [0.5, 0.6) is 11.5 Å². The number of hydrogen-bond acceptors (Lipinski definition) is 7. The third-order valence-corrected chi connectivity index (χ3v) is 3.90. The summed E-state index contributed by atoms with van der Waals surface area (Å²) in [6.45, 7) is 3.77. The summed E-state index contributed by atoms with van der Waals surface area (Å²) in [7, 11) is 1.53. The lowest BCUT2D eigenvalue weighted by Gasteiger charge is -2.08. The molecule has 0 aliphatic heterocycles. The number of H-pyrrole nitrogens is 1. The summed E-state index contributed by atoms with van der Waals surface area (Å²) < 4.78 is 14.1. The summed E-state index contributed by atoms with van der Waals surface area (Å²) in [5.41, 5.74) is 2.55. The Labute approximate surface area is 160 Å². The van der Waals surface area contributed by atoms with Crippen LogP contribution < -0.4 is 9.47 Å². The number of aryl methyl sites for hydroxylation is 2. The van der Waals surface area contributed by atoms with Crippen molar-refractivity contribution < 1.29 is 9.47 Å². The Hall–Kier alpha value is -3.45. The Morgan fingerprint density at radius 3 is 2.81 bits per heavy atom. The van der Waals surface area contributed by atoms with Crippen LogP contribution in [0.3, 0.4) is 0 Å². The first-order chi connectivity index (χ1) is 13.0. The highest BCUT2D eigenvalue weighted by Crippen LogP contribution is 2.27. The van der Waals surface area contributed by atoms with Crippen LogP contribution in [-0.2, 0) is 0 Å². The van der Waals surface area contributed by atoms with E-state index in [4.69, 9.17) is 27.0 Å². The summed E-state index contributed by atoms with van der Waals surface area (Å²) >= 11 is 5.27. The first-order valence-electron chi connectivity index (χ1n) is 7.96. The fourth-order valence-corrected chi connectivity index (χ4v) is 2.65. The predicted octanol–water partition coefficient (Wildman–Crippen LogP) is 2.54. The van der Waals surface area contributed by atoms with E-state index in [1.165, 1.54) is 11.8 Å². The van der Waals surface area contributed by atoms with Crippen molar-refractivity contribution in [2.24, 2.45) is 5.10 Å². The number of aromatic amines is 1. The van der Waals surface area contributed by atoms with Gasteiger partial charge in [0.2, 0.25) is 4.77 Å². The van der Waals surface area contributed by atoms with Gasteiger partial charge in [-0.3, -0.25) is 0 Å². The van der Waals surface area contributed by atoms with E-state index in [2.05, 4.69) is 20.4 Å². The molecule has 2 aromatic heterocycles. The van der Waals surface area contributed by atoms with Crippen molar-refractivity contribution in [3.63, 3.8) is 0 Å². The number of hydrogen-bond donors (Lipinski definition) is 1. The quantitative estimate of drug-likeness (QED) is 0.518. The molecule has 3 rings (SSSR count). The summed E-state index contributed by atoms with van der Waals surface area (Å²) in [6.07, 6.45) is 1.62. The number of aromatic nitrogens is 5. The Morgan fingerprint density at radius 1 is 1.33 bits per heavy atom. The van der Waals surface area contributed by atoms with Crippen molar-refractivity contribution >= 4 is 18.4 Å². The minimum Gasteiger partial charge on any atom is -0.493 e. The summed E-state index contributed by atoms with van der Waals surface area (Å²) in [4.78, 5) is 0. The van der Waals surface area contributed by atoms with E-state index in [0.29, 0.717) is 22.2 Å². The predicted molar refractivity (Wildman–Crippen MR) is 101 cm³/mol. The first-order valence-corrected chi connectivity index (χ1v) is 8.37. The van der Waals surface area contributed by atoms with E-state index in [-0.39, 0.29) is 6.61 Å². The van der Waals surface area contributed by atoms with E-state index in [9.17, 15) is 0 Å². The fraction of sp³-hybridized carbons (Fsp3) is 0.235. The molecule has 0 saturated carbocycles. The molecule has 0 unspecified atom stereocenters. The van der Waals surface area contributed by atoms with Gasteiger partial charge in [0.25, 0.3) is 5.95 Å². The van der Waals surface area contributed by atoms with Crippen molar-refractivity contribution in [2.45, 2.75) is 13.8 Å². The topological polar surface area (TPSA) is 106 Å². The van der Waals surface area contributed by atoms with Gasteiger partial charge in [-0.25, -0.2) is 9.78 Å². The molecule has 0 bridgehead atoms. The van der Waals surface area contributed by atoms with E-state index in [1.807, 2.05) is 26.0 Å². The maximum atomic E-state index is 8.64. The van der Waals surface area contributed by atoms with E-state index < -0.39 is 0 Å². The van der Waals surface area contributed by atoms with Crippen LogP contribution in [0.2, 0.25) is 0 Å². The smallest absolute Gasteiger partial charge is 0.271 e. The van der Waals surface area contributed by atoms with Crippen LogP contribution in [0.25, 0.3) is 5.95 Å². The van der Waals surface area contributed by atoms with Crippen LogP contribution >= 0.6 is 12.2 Å². The van der Waals surface area contributed by atoms with Gasteiger partial charge in [0.15, 0.2) is 18.1 Å². The second kappa shape index (κ2) is 7.84. The van der Waals surface area contributed by atoms with Crippen molar-refractivity contribution in [1.82, 2.24) is 24.7 Å². The van der Waals surface area contributed by atoms with Crippen LogP contribution in [0.15, 0.2) is 29.4 Å². The molecule has 1 N–H and O–H groups in total. The van der Waals surface area contributed by atoms with Gasteiger partial charge in [0.1, 0.15) is 6.07 Å². The molecule has 2 heterocycles. The molecule has 0 spiro atoms. The van der Waals surface area contributed by atoms with Crippen molar-refractivity contribution in [2.75, 3.05) is 13.7 Å². The Balaban J connectivity index is 1.93. The average Bonchev–Trinajstić information content (AvgIpc) is 3.19. The van der Waals surface area contributed by atoms with Crippen LogP contribution in [0, 0.1) is 29.9 Å². The van der Waals surface area contributed by atoms with Crippen LogP contribution in [0.1, 0.15) is 17.0 Å². The zero-order valence-electron chi connectivity index (χ0n) is 15.0. The van der Waals surface area contributed by atoms with Gasteiger partial charge in [-0.15, -0.1) is 5.10 Å². The van der Waals surface area contributed by atoms with Crippen LogP contribution in [-0.4, -0.2) is 44.6 Å². The molecule has 0 aliphatic rings. The van der Waals surface area contributed by atoms with Gasteiger partial charge in [0, 0.05) is 5.69 Å². The summed E-state index contributed by atoms with van der Waals surface area (Å²) in [5.74, 6) is 1.45. The zero-order valence-corrected chi connectivity index (χ0v) is 15.8. The maximum absolute atomic E-state index is 8.64. The summed E-state index contributed by atoms with van der Waals surface area (Å²) in [6, 6.07) is 9.13. The van der Waals surface area contributed by atoms with E-state index in [0.717, 1.165) is 17.0 Å². The van der Waals surface area contributed by atoms with Gasteiger partial charge < -0.3 is 9.47 Å². The lowest BCUT2D eigenvalue weighted by molar-refractivity contribution is 0.329.